The number of aliphatic carboxylic acids is 1. The fourth-order valence-electron chi connectivity index (χ4n) is 1.74. The molecule has 152 valence electrons. The zero-order chi connectivity index (χ0) is 20.1. The predicted octanol–water partition coefficient (Wildman–Crippen LogP) is 2.06. The Morgan fingerprint density at radius 2 is 1.59 bits per heavy atom. The van der Waals surface area contributed by atoms with Gasteiger partial charge in [-0.15, -0.1) is 0 Å². The van der Waals surface area contributed by atoms with Crippen molar-refractivity contribution >= 4 is 12.0 Å². The van der Waals surface area contributed by atoms with Gasteiger partial charge in [0.05, 0.1) is 26.4 Å². The van der Waals surface area contributed by atoms with Crippen molar-refractivity contribution in [3.63, 3.8) is 0 Å². The summed E-state index contributed by atoms with van der Waals surface area (Å²) in [6, 6.07) is 1.10. The summed E-state index contributed by atoms with van der Waals surface area (Å²) in [4.78, 5) is 10.6. The summed E-state index contributed by atoms with van der Waals surface area (Å²) in [6.07, 6.45) is 1.57. The third-order valence-corrected chi connectivity index (χ3v) is 3.01. The third-order valence-electron chi connectivity index (χ3n) is 3.01. The maximum absolute atomic E-state index is 14.4. The Kier molecular flexibility index (Phi) is 10.9. The first-order valence-corrected chi connectivity index (χ1v) is 7.83. The first-order chi connectivity index (χ1) is 13.0. The largest absolute Gasteiger partial charge is 0.478 e. The summed E-state index contributed by atoms with van der Waals surface area (Å²) in [7, 11) is 2.98. The molecule has 0 unspecified atom stereocenters. The minimum Gasteiger partial charge on any atom is -0.478 e. The van der Waals surface area contributed by atoms with Gasteiger partial charge in [0.1, 0.15) is 0 Å². The molecule has 1 rings (SSSR count). The van der Waals surface area contributed by atoms with Gasteiger partial charge in [-0.2, -0.15) is 4.39 Å². The second-order valence-corrected chi connectivity index (χ2v) is 4.92. The van der Waals surface area contributed by atoms with Gasteiger partial charge in [-0.05, 0) is 12.1 Å². The Morgan fingerprint density at radius 1 is 1.00 bits per heavy atom. The Morgan fingerprint density at radius 3 is 2.15 bits per heavy atom. The molecule has 27 heavy (non-hydrogen) atoms. The van der Waals surface area contributed by atoms with Crippen molar-refractivity contribution in [1.82, 2.24) is 0 Å². The topological polar surface area (TPSA) is 92.7 Å². The van der Waals surface area contributed by atoms with Crippen molar-refractivity contribution in [2.24, 2.45) is 0 Å². The number of ether oxygens (including phenoxy) is 6. The van der Waals surface area contributed by atoms with E-state index in [-0.39, 0.29) is 38.1 Å². The Balaban J connectivity index is 2.94. The highest BCUT2D eigenvalue weighted by Gasteiger charge is 2.20. The number of hydrogen-bond donors (Lipinski definition) is 1. The lowest BCUT2D eigenvalue weighted by atomic mass is 10.1. The normalized spacial score (nSPS) is 11.1. The SMILES string of the molecule is COCCOCOc1cc(/C=C/C(=O)O)c(F)c(F)c1OCOCCOC. The van der Waals surface area contributed by atoms with Crippen LogP contribution in [0.2, 0.25) is 0 Å². The molecule has 0 saturated heterocycles. The monoisotopic (exact) mass is 392 g/mol. The number of methoxy groups -OCH3 is 2. The minimum atomic E-state index is -1.34. The van der Waals surface area contributed by atoms with Crippen molar-refractivity contribution in [2.45, 2.75) is 0 Å². The molecule has 0 radical (unpaired) electrons. The molecule has 1 aromatic carbocycles. The maximum Gasteiger partial charge on any atom is 0.328 e. The fourth-order valence-corrected chi connectivity index (χ4v) is 1.74. The van der Waals surface area contributed by atoms with E-state index >= 15 is 0 Å². The molecule has 8 nitrogen and oxygen atoms in total. The van der Waals surface area contributed by atoms with Gasteiger partial charge in [0.2, 0.25) is 11.6 Å². The number of carboxylic acid groups (broad SMARTS) is 1. The molecule has 0 fully saturated rings. The van der Waals surface area contributed by atoms with Crippen LogP contribution in [-0.2, 0) is 23.7 Å². The molecule has 10 heteroatoms. The lowest BCUT2D eigenvalue weighted by molar-refractivity contribution is -0.131. The summed E-state index contributed by atoms with van der Waals surface area (Å²) < 4.78 is 58.7. The van der Waals surface area contributed by atoms with E-state index in [4.69, 9.17) is 33.5 Å². The van der Waals surface area contributed by atoms with Gasteiger partial charge in [0, 0.05) is 25.9 Å². The van der Waals surface area contributed by atoms with Crippen LogP contribution in [-0.4, -0.2) is 65.3 Å². The molecule has 0 aliphatic carbocycles. The molecule has 0 spiro atoms. The van der Waals surface area contributed by atoms with Crippen molar-refractivity contribution in [1.29, 1.82) is 0 Å². The van der Waals surface area contributed by atoms with E-state index in [2.05, 4.69) is 0 Å². The molecule has 0 aliphatic heterocycles. The summed E-state index contributed by atoms with van der Waals surface area (Å²) in [5.74, 6) is -4.64. The van der Waals surface area contributed by atoms with Gasteiger partial charge in [0.25, 0.3) is 0 Å². The highest BCUT2D eigenvalue weighted by Crippen LogP contribution is 2.35. The van der Waals surface area contributed by atoms with Crippen LogP contribution >= 0.6 is 0 Å². The smallest absolute Gasteiger partial charge is 0.328 e. The first-order valence-electron chi connectivity index (χ1n) is 7.83. The average Bonchev–Trinajstić information content (AvgIpc) is 2.64. The van der Waals surface area contributed by atoms with E-state index in [0.29, 0.717) is 19.3 Å². The van der Waals surface area contributed by atoms with Crippen LogP contribution in [0.5, 0.6) is 11.5 Å². The van der Waals surface area contributed by atoms with Crippen LogP contribution in [0.1, 0.15) is 5.56 Å². The van der Waals surface area contributed by atoms with Gasteiger partial charge in [0.15, 0.2) is 25.2 Å². The van der Waals surface area contributed by atoms with E-state index in [1.54, 1.807) is 0 Å². The summed E-state index contributed by atoms with van der Waals surface area (Å²) >= 11 is 0. The summed E-state index contributed by atoms with van der Waals surface area (Å²) in [5.41, 5.74) is -0.325. The lowest BCUT2D eigenvalue weighted by Gasteiger charge is -2.15. The number of benzene rings is 1. The zero-order valence-electron chi connectivity index (χ0n) is 15.0. The van der Waals surface area contributed by atoms with E-state index in [0.717, 1.165) is 12.1 Å². The molecule has 0 atom stereocenters. The first kappa shape index (κ1) is 22.8. The number of halogens is 2. The van der Waals surface area contributed by atoms with Gasteiger partial charge >= 0.3 is 5.97 Å². The fraction of sp³-hybridized carbons (Fsp3) is 0.471. The van der Waals surface area contributed by atoms with E-state index in [1.807, 2.05) is 0 Å². The number of hydrogen-bond acceptors (Lipinski definition) is 7. The van der Waals surface area contributed by atoms with Crippen LogP contribution in [0.3, 0.4) is 0 Å². The maximum atomic E-state index is 14.4. The Labute approximate surface area is 155 Å². The van der Waals surface area contributed by atoms with Gasteiger partial charge < -0.3 is 33.5 Å². The molecule has 0 aliphatic rings. The molecule has 1 N–H and O–H groups in total. The second kappa shape index (κ2) is 13.0. The highest BCUT2D eigenvalue weighted by molar-refractivity contribution is 5.85. The van der Waals surface area contributed by atoms with Gasteiger partial charge in [-0.25, -0.2) is 9.18 Å². The Hall–Kier alpha value is -2.27. The van der Waals surface area contributed by atoms with Crippen molar-refractivity contribution in [3.8, 4) is 11.5 Å². The van der Waals surface area contributed by atoms with Crippen LogP contribution in [0.15, 0.2) is 12.1 Å². The van der Waals surface area contributed by atoms with Crippen LogP contribution in [0, 0.1) is 11.6 Å². The number of carboxylic acids is 1. The third kappa shape index (κ3) is 8.31. The standard InChI is InChI=1S/C17H22F2O8/c1-22-5-7-24-10-26-13-9-12(3-4-14(20)21)15(18)16(19)17(13)27-11-25-8-6-23-2/h3-4,9H,5-8,10-11H2,1-2H3,(H,20,21)/b4-3+. The van der Waals surface area contributed by atoms with Crippen LogP contribution in [0.4, 0.5) is 8.78 Å². The average molecular weight is 392 g/mol. The second-order valence-electron chi connectivity index (χ2n) is 4.92. The quantitative estimate of drug-likeness (QED) is 0.292. The van der Waals surface area contributed by atoms with E-state index < -0.39 is 23.4 Å². The number of rotatable bonds is 14. The molecular weight excluding hydrogens is 370 g/mol. The van der Waals surface area contributed by atoms with E-state index in [1.165, 1.54) is 14.2 Å². The van der Waals surface area contributed by atoms with E-state index in [9.17, 15) is 13.6 Å². The highest BCUT2D eigenvalue weighted by atomic mass is 19.2. The van der Waals surface area contributed by atoms with Crippen molar-refractivity contribution < 1.29 is 47.1 Å². The Bertz CT molecular complexity index is 621. The molecule has 0 heterocycles. The molecule has 1 aromatic rings. The van der Waals surface area contributed by atoms with Crippen molar-refractivity contribution in [3.05, 3.63) is 29.3 Å². The molecule has 0 bridgehead atoms. The van der Waals surface area contributed by atoms with Gasteiger partial charge in [-0.3, -0.25) is 0 Å². The lowest BCUT2D eigenvalue weighted by Crippen LogP contribution is -2.12. The molecule has 0 saturated carbocycles. The predicted molar refractivity (Wildman–Crippen MR) is 89.7 cm³/mol. The zero-order valence-corrected chi connectivity index (χ0v) is 15.0. The van der Waals surface area contributed by atoms with Gasteiger partial charge in [-0.1, -0.05) is 0 Å². The molecule has 0 amide bonds. The van der Waals surface area contributed by atoms with Crippen molar-refractivity contribution in [2.75, 3.05) is 54.2 Å². The molecule has 0 aromatic heterocycles. The summed E-state index contributed by atoms with van der Waals surface area (Å²) in [6.45, 7) is 0.390. The summed E-state index contributed by atoms with van der Waals surface area (Å²) in [5, 5.41) is 8.65. The molecular formula is C17H22F2O8. The van der Waals surface area contributed by atoms with Crippen LogP contribution < -0.4 is 9.47 Å². The minimum absolute atomic E-state index is 0.174. The number of carbonyl (C=O) groups is 1. The van der Waals surface area contributed by atoms with Crippen LogP contribution in [0.25, 0.3) is 6.08 Å².